The fourth-order valence-electron chi connectivity index (χ4n) is 3.01. The second-order valence-electron chi connectivity index (χ2n) is 5.29. The average molecular weight is 282 g/mol. The minimum absolute atomic E-state index is 0. The molecular formula is C14H20ClN3O. The molecule has 0 radical (unpaired) electrons. The lowest BCUT2D eigenvalue weighted by Gasteiger charge is -2.16. The lowest BCUT2D eigenvalue weighted by molar-refractivity contribution is -0.117. The van der Waals surface area contributed by atoms with Crippen LogP contribution in [0.5, 0.6) is 0 Å². The molecule has 19 heavy (non-hydrogen) atoms. The van der Waals surface area contributed by atoms with Gasteiger partial charge in [0.05, 0.1) is 6.54 Å². The molecule has 0 aromatic heterocycles. The zero-order valence-corrected chi connectivity index (χ0v) is 11.7. The molecule has 3 rings (SSSR count). The molecule has 0 spiro atoms. The Labute approximate surface area is 120 Å². The first-order valence-electron chi connectivity index (χ1n) is 6.59. The Kier molecular flexibility index (Phi) is 4.80. The van der Waals surface area contributed by atoms with Crippen LogP contribution in [0.2, 0.25) is 0 Å². The van der Waals surface area contributed by atoms with Crippen LogP contribution in [-0.2, 0) is 4.79 Å². The number of carbonyl (C=O) groups excluding carboxylic acids is 1. The van der Waals surface area contributed by atoms with Crippen molar-refractivity contribution in [2.24, 2.45) is 11.8 Å². The van der Waals surface area contributed by atoms with E-state index < -0.39 is 0 Å². The molecule has 104 valence electrons. The van der Waals surface area contributed by atoms with Crippen LogP contribution < -0.4 is 10.6 Å². The predicted molar refractivity (Wildman–Crippen MR) is 78.6 cm³/mol. The van der Waals surface area contributed by atoms with E-state index >= 15 is 0 Å². The Hall–Kier alpha value is -1.10. The van der Waals surface area contributed by atoms with Gasteiger partial charge >= 0.3 is 0 Å². The number of amides is 1. The molecule has 1 aromatic carbocycles. The number of nitrogens with zero attached hydrogens (tertiary/aromatic N) is 1. The van der Waals surface area contributed by atoms with Crippen LogP contribution in [0.15, 0.2) is 30.3 Å². The second-order valence-corrected chi connectivity index (χ2v) is 5.29. The van der Waals surface area contributed by atoms with E-state index in [0.717, 1.165) is 43.7 Å². The van der Waals surface area contributed by atoms with E-state index in [1.165, 1.54) is 0 Å². The van der Waals surface area contributed by atoms with Gasteiger partial charge in [0.2, 0.25) is 5.91 Å². The summed E-state index contributed by atoms with van der Waals surface area (Å²) in [7, 11) is 0. The summed E-state index contributed by atoms with van der Waals surface area (Å²) in [4.78, 5) is 14.2. The third-order valence-corrected chi connectivity index (χ3v) is 3.89. The molecule has 2 N–H and O–H groups in total. The number of halogens is 1. The molecule has 1 aromatic rings. The summed E-state index contributed by atoms with van der Waals surface area (Å²) in [6.07, 6.45) is 0. The summed E-state index contributed by atoms with van der Waals surface area (Å²) in [6.45, 7) is 4.85. The molecular weight excluding hydrogens is 262 g/mol. The molecule has 0 bridgehead atoms. The van der Waals surface area contributed by atoms with Gasteiger partial charge in [-0.3, -0.25) is 9.69 Å². The van der Waals surface area contributed by atoms with Crippen LogP contribution in [-0.4, -0.2) is 43.5 Å². The third kappa shape index (κ3) is 3.47. The Morgan fingerprint density at radius 2 is 1.84 bits per heavy atom. The topological polar surface area (TPSA) is 44.4 Å². The molecule has 1 amide bonds. The van der Waals surface area contributed by atoms with Gasteiger partial charge < -0.3 is 10.6 Å². The van der Waals surface area contributed by atoms with Crippen molar-refractivity contribution in [3.05, 3.63) is 30.3 Å². The number of para-hydroxylation sites is 1. The van der Waals surface area contributed by atoms with Gasteiger partial charge in [0.25, 0.3) is 0 Å². The summed E-state index contributed by atoms with van der Waals surface area (Å²) < 4.78 is 0. The Bertz CT molecular complexity index is 414. The van der Waals surface area contributed by atoms with Gasteiger partial charge in [-0.1, -0.05) is 18.2 Å². The number of benzene rings is 1. The van der Waals surface area contributed by atoms with E-state index in [2.05, 4.69) is 15.5 Å². The highest BCUT2D eigenvalue weighted by atomic mass is 35.5. The summed E-state index contributed by atoms with van der Waals surface area (Å²) in [5.74, 6) is 1.58. The normalized spacial score (nSPS) is 25.7. The first kappa shape index (κ1) is 14.3. The van der Waals surface area contributed by atoms with E-state index in [9.17, 15) is 4.79 Å². The smallest absolute Gasteiger partial charge is 0.238 e. The van der Waals surface area contributed by atoms with Gasteiger partial charge in [0.15, 0.2) is 0 Å². The summed E-state index contributed by atoms with van der Waals surface area (Å²) >= 11 is 0. The molecule has 2 heterocycles. The maximum absolute atomic E-state index is 11.9. The van der Waals surface area contributed by atoms with E-state index in [1.54, 1.807) is 0 Å². The largest absolute Gasteiger partial charge is 0.325 e. The average Bonchev–Trinajstić information content (AvgIpc) is 2.90. The van der Waals surface area contributed by atoms with Crippen molar-refractivity contribution in [1.29, 1.82) is 0 Å². The molecule has 2 aliphatic heterocycles. The van der Waals surface area contributed by atoms with Gasteiger partial charge in [-0.05, 0) is 37.1 Å². The second kappa shape index (κ2) is 6.37. The minimum Gasteiger partial charge on any atom is -0.325 e. The van der Waals surface area contributed by atoms with E-state index in [4.69, 9.17) is 0 Å². The number of rotatable bonds is 3. The number of hydrogen-bond donors (Lipinski definition) is 2. The van der Waals surface area contributed by atoms with Crippen LogP contribution >= 0.6 is 12.4 Å². The Morgan fingerprint density at radius 1 is 1.21 bits per heavy atom. The van der Waals surface area contributed by atoms with Crippen molar-refractivity contribution < 1.29 is 4.79 Å². The number of fused-ring (bicyclic) bond motifs is 1. The number of likely N-dealkylation sites (tertiary alicyclic amines) is 1. The van der Waals surface area contributed by atoms with Crippen LogP contribution in [0.3, 0.4) is 0 Å². The fourth-order valence-corrected chi connectivity index (χ4v) is 3.01. The molecule has 0 unspecified atom stereocenters. The lowest BCUT2D eigenvalue weighted by atomic mass is 10.0. The van der Waals surface area contributed by atoms with Crippen LogP contribution in [0, 0.1) is 11.8 Å². The van der Waals surface area contributed by atoms with Gasteiger partial charge in [-0.25, -0.2) is 0 Å². The van der Waals surface area contributed by atoms with E-state index in [0.29, 0.717) is 6.54 Å². The number of nitrogens with one attached hydrogen (secondary N) is 2. The lowest BCUT2D eigenvalue weighted by Crippen LogP contribution is -2.33. The quantitative estimate of drug-likeness (QED) is 0.875. The van der Waals surface area contributed by atoms with Crippen molar-refractivity contribution in [3.63, 3.8) is 0 Å². The van der Waals surface area contributed by atoms with Crippen molar-refractivity contribution in [2.75, 3.05) is 38.0 Å². The van der Waals surface area contributed by atoms with Gasteiger partial charge in [-0.15, -0.1) is 12.4 Å². The molecule has 0 saturated carbocycles. The SMILES string of the molecule is Cl.O=C(CN1C[C@H]2CNC[C@H]2C1)Nc1ccccc1. The zero-order valence-electron chi connectivity index (χ0n) is 10.8. The highest BCUT2D eigenvalue weighted by Gasteiger charge is 2.36. The monoisotopic (exact) mass is 281 g/mol. The first-order valence-corrected chi connectivity index (χ1v) is 6.59. The molecule has 4 nitrogen and oxygen atoms in total. The Balaban J connectivity index is 0.00000133. The van der Waals surface area contributed by atoms with Crippen molar-refractivity contribution >= 4 is 24.0 Å². The number of anilines is 1. The van der Waals surface area contributed by atoms with E-state index in [-0.39, 0.29) is 18.3 Å². The minimum atomic E-state index is 0. The summed E-state index contributed by atoms with van der Waals surface area (Å²) in [5.41, 5.74) is 0.878. The molecule has 2 atom stereocenters. The maximum atomic E-state index is 11.9. The predicted octanol–water partition coefficient (Wildman–Crippen LogP) is 1.20. The van der Waals surface area contributed by atoms with Crippen LogP contribution in [0.1, 0.15) is 0 Å². The standard InChI is InChI=1S/C14H19N3O.ClH/c18-14(16-13-4-2-1-3-5-13)10-17-8-11-6-15-7-12(11)9-17;/h1-5,11-12,15H,6-10H2,(H,16,18);1H/t11-,12+;. The molecule has 2 aliphatic rings. The fraction of sp³-hybridized carbons (Fsp3) is 0.500. The first-order chi connectivity index (χ1) is 8.81. The number of carbonyl (C=O) groups is 1. The zero-order chi connectivity index (χ0) is 12.4. The van der Waals surface area contributed by atoms with Crippen LogP contribution in [0.4, 0.5) is 5.69 Å². The van der Waals surface area contributed by atoms with Crippen LogP contribution in [0.25, 0.3) is 0 Å². The van der Waals surface area contributed by atoms with Crippen molar-refractivity contribution in [1.82, 2.24) is 10.2 Å². The Morgan fingerprint density at radius 3 is 2.47 bits per heavy atom. The van der Waals surface area contributed by atoms with Gasteiger partial charge in [-0.2, -0.15) is 0 Å². The summed E-state index contributed by atoms with van der Waals surface area (Å²) in [6, 6.07) is 9.65. The maximum Gasteiger partial charge on any atom is 0.238 e. The highest BCUT2D eigenvalue weighted by molar-refractivity contribution is 5.92. The highest BCUT2D eigenvalue weighted by Crippen LogP contribution is 2.25. The third-order valence-electron chi connectivity index (χ3n) is 3.89. The van der Waals surface area contributed by atoms with Gasteiger partial charge in [0.1, 0.15) is 0 Å². The molecule has 0 aliphatic carbocycles. The van der Waals surface area contributed by atoms with Gasteiger partial charge in [0, 0.05) is 18.8 Å². The summed E-state index contributed by atoms with van der Waals surface area (Å²) in [5, 5.41) is 6.35. The molecule has 2 fully saturated rings. The van der Waals surface area contributed by atoms with Crippen molar-refractivity contribution in [2.45, 2.75) is 0 Å². The number of hydrogen-bond acceptors (Lipinski definition) is 3. The molecule has 2 saturated heterocycles. The molecule has 5 heteroatoms. The van der Waals surface area contributed by atoms with E-state index in [1.807, 2.05) is 30.3 Å². The van der Waals surface area contributed by atoms with Crippen molar-refractivity contribution in [3.8, 4) is 0 Å².